The Morgan fingerprint density at radius 3 is 2.74 bits per heavy atom. The number of aliphatic carboxylic acids is 1. The number of hydrogen-bond acceptors (Lipinski definition) is 2. The first kappa shape index (κ1) is 14.4. The van der Waals surface area contributed by atoms with Gasteiger partial charge >= 0.3 is 5.97 Å². The molecule has 1 atom stereocenters. The van der Waals surface area contributed by atoms with E-state index in [9.17, 15) is 9.90 Å². The number of halogens is 1. The van der Waals surface area contributed by atoms with Crippen molar-refractivity contribution in [2.75, 3.05) is 11.4 Å². The Kier molecular flexibility index (Phi) is 3.90. The van der Waals surface area contributed by atoms with Gasteiger partial charge in [0.05, 0.1) is 5.92 Å². The number of carbonyl (C=O) groups is 1. The third-order valence-electron chi connectivity index (χ3n) is 4.04. The van der Waals surface area contributed by atoms with Crippen LogP contribution in [0.1, 0.15) is 32.3 Å². The molecule has 2 rings (SSSR count). The van der Waals surface area contributed by atoms with E-state index in [1.165, 1.54) is 5.56 Å². The molecule has 3 nitrogen and oxygen atoms in total. The number of benzene rings is 1. The average molecular weight is 326 g/mol. The van der Waals surface area contributed by atoms with Crippen LogP contribution < -0.4 is 4.90 Å². The second-order valence-corrected chi connectivity index (χ2v) is 6.78. The second kappa shape index (κ2) is 5.16. The van der Waals surface area contributed by atoms with Crippen LogP contribution in [0.5, 0.6) is 0 Å². The molecule has 1 aliphatic heterocycles. The predicted molar refractivity (Wildman–Crippen MR) is 80.7 cm³/mol. The summed E-state index contributed by atoms with van der Waals surface area (Å²) in [6.45, 7) is 7.01. The summed E-state index contributed by atoms with van der Waals surface area (Å²) in [6.07, 6.45) is 1.66. The molecule has 0 radical (unpaired) electrons. The topological polar surface area (TPSA) is 40.5 Å². The maximum atomic E-state index is 11.2. The summed E-state index contributed by atoms with van der Waals surface area (Å²) < 4.78 is 1.08. The number of carboxylic acids is 1. The number of hydrogen-bond donors (Lipinski definition) is 1. The molecular formula is C15H20BrNO2. The summed E-state index contributed by atoms with van der Waals surface area (Å²) in [5.41, 5.74) is 2.29. The van der Waals surface area contributed by atoms with Crippen LogP contribution in [0.25, 0.3) is 0 Å². The minimum absolute atomic E-state index is 0.00617. The molecule has 19 heavy (non-hydrogen) atoms. The standard InChI is InChI=1S/C15H20BrNO2/c1-10-8-12(4-5-13(10)16)17-9-11(14(18)19)6-7-15(17,2)3/h4-5,8,11H,6-7,9H2,1-3H3,(H,18,19). The maximum absolute atomic E-state index is 11.2. The quantitative estimate of drug-likeness (QED) is 0.898. The average Bonchev–Trinajstić information content (AvgIpc) is 2.32. The first-order valence-corrected chi connectivity index (χ1v) is 7.37. The van der Waals surface area contributed by atoms with Crippen LogP contribution >= 0.6 is 15.9 Å². The van der Waals surface area contributed by atoms with Gasteiger partial charge in [-0.1, -0.05) is 15.9 Å². The molecule has 1 aromatic rings. The number of aryl methyl sites for hydroxylation is 1. The SMILES string of the molecule is Cc1cc(N2CC(C(=O)O)CCC2(C)C)ccc1Br. The van der Waals surface area contributed by atoms with Gasteiger partial charge in [-0.15, -0.1) is 0 Å². The van der Waals surface area contributed by atoms with Crippen molar-refractivity contribution >= 4 is 27.6 Å². The lowest BCUT2D eigenvalue weighted by Crippen LogP contribution is -2.52. The van der Waals surface area contributed by atoms with Crippen molar-refractivity contribution in [1.29, 1.82) is 0 Å². The Bertz CT molecular complexity index is 499. The lowest BCUT2D eigenvalue weighted by molar-refractivity contribution is -0.142. The van der Waals surface area contributed by atoms with E-state index in [1.54, 1.807) is 0 Å². The molecule has 4 heteroatoms. The number of carboxylic acid groups (broad SMARTS) is 1. The highest BCUT2D eigenvalue weighted by molar-refractivity contribution is 9.10. The van der Waals surface area contributed by atoms with Gasteiger partial charge < -0.3 is 10.0 Å². The first-order valence-electron chi connectivity index (χ1n) is 6.58. The van der Waals surface area contributed by atoms with Crippen LogP contribution in [0.3, 0.4) is 0 Å². The molecule has 1 heterocycles. The smallest absolute Gasteiger partial charge is 0.308 e. The minimum atomic E-state index is -0.686. The van der Waals surface area contributed by atoms with Crippen molar-refractivity contribution in [3.63, 3.8) is 0 Å². The van der Waals surface area contributed by atoms with Gasteiger partial charge in [-0.25, -0.2) is 0 Å². The fourth-order valence-electron chi connectivity index (χ4n) is 2.67. The second-order valence-electron chi connectivity index (χ2n) is 5.93. The summed E-state index contributed by atoms with van der Waals surface area (Å²) in [6, 6.07) is 6.21. The van der Waals surface area contributed by atoms with Crippen molar-refractivity contribution in [2.24, 2.45) is 5.92 Å². The van der Waals surface area contributed by atoms with Crippen molar-refractivity contribution < 1.29 is 9.90 Å². The Morgan fingerprint density at radius 2 is 2.16 bits per heavy atom. The van der Waals surface area contributed by atoms with E-state index in [1.807, 2.05) is 6.07 Å². The lowest BCUT2D eigenvalue weighted by atomic mass is 9.84. The van der Waals surface area contributed by atoms with Crippen LogP contribution in [-0.4, -0.2) is 23.2 Å². The van der Waals surface area contributed by atoms with Gasteiger partial charge in [-0.05, 0) is 57.4 Å². The van der Waals surface area contributed by atoms with E-state index in [0.717, 1.165) is 23.0 Å². The highest BCUT2D eigenvalue weighted by atomic mass is 79.9. The largest absolute Gasteiger partial charge is 0.481 e. The van der Waals surface area contributed by atoms with Crippen LogP contribution in [-0.2, 0) is 4.79 Å². The number of rotatable bonds is 2. The van der Waals surface area contributed by atoms with Crippen LogP contribution in [0.2, 0.25) is 0 Å². The summed E-state index contributed by atoms with van der Waals surface area (Å²) in [5, 5.41) is 9.24. The Labute approximate surface area is 122 Å². The summed E-state index contributed by atoms with van der Waals surface area (Å²) >= 11 is 3.50. The van der Waals surface area contributed by atoms with E-state index < -0.39 is 5.97 Å². The van der Waals surface area contributed by atoms with Crippen LogP contribution in [0.15, 0.2) is 22.7 Å². The zero-order chi connectivity index (χ0) is 14.2. The molecule has 1 saturated heterocycles. The Morgan fingerprint density at radius 1 is 1.47 bits per heavy atom. The fourth-order valence-corrected chi connectivity index (χ4v) is 2.92. The van der Waals surface area contributed by atoms with Crippen molar-refractivity contribution in [2.45, 2.75) is 39.2 Å². The zero-order valence-corrected chi connectivity index (χ0v) is 13.2. The zero-order valence-electron chi connectivity index (χ0n) is 11.6. The van der Waals surface area contributed by atoms with Crippen molar-refractivity contribution in [1.82, 2.24) is 0 Å². The highest BCUT2D eigenvalue weighted by Crippen LogP contribution is 2.36. The fraction of sp³-hybridized carbons (Fsp3) is 0.533. The summed E-state index contributed by atoms with van der Waals surface area (Å²) in [7, 11) is 0. The predicted octanol–water partition coefficient (Wildman–Crippen LogP) is 3.84. The van der Waals surface area contributed by atoms with Crippen LogP contribution in [0.4, 0.5) is 5.69 Å². The van der Waals surface area contributed by atoms with Gasteiger partial charge in [-0.2, -0.15) is 0 Å². The number of anilines is 1. The Hall–Kier alpha value is -1.03. The van der Waals surface area contributed by atoms with E-state index in [0.29, 0.717) is 6.54 Å². The van der Waals surface area contributed by atoms with Gasteiger partial charge in [0.25, 0.3) is 0 Å². The molecule has 1 N–H and O–H groups in total. The molecule has 1 aromatic carbocycles. The monoisotopic (exact) mass is 325 g/mol. The normalized spacial score (nSPS) is 22.3. The maximum Gasteiger partial charge on any atom is 0.308 e. The molecule has 0 bridgehead atoms. The molecular weight excluding hydrogens is 306 g/mol. The van der Waals surface area contributed by atoms with Gasteiger partial charge in [0.1, 0.15) is 0 Å². The highest BCUT2D eigenvalue weighted by Gasteiger charge is 2.37. The lowest BCUT2D eigenvalue weighted by Gasteiger charge is -2.46. The molecule has 1 fully saturated rings. The first-order chi connectivity index (χ1) is 8.81. The van der Waals surface area contributed by atoms with E-state index >= 15 is 0 Å². The molecule has 0 aromatic heterocycles. The van der Waals surface area contributed by atoms with Gasteiger partial charge in [0.15, 0.2) is 0 Å². The molecule has 0 saturated carbocycles. The molecule has 1 unspecified atom stereocenters. The number of piperidine rings is 1. The number of nitrogens with zero attached hydrogens (tertiary/aromatic N) is 1. The molecule has 104 valence electrons. The Balaban J connectivity index is 2.32. The third kappa shape index (κ3) is 2.94. The van der Waals surface area contributed by atoms with Gasteiger partial charge in [0, 0.05) is 22.2 Å². The summed E-state index contributed by atoms with van der Waals surface area (Å²) in [5.74, 6) is -0.952. The molecule has 0 spiro atoms. The van der Waals surface area contributed by atoms with E-state index in [4.69, 9.17) is 0 Å². The van der Waals surface area contributed by atoms with Gasteiger partial charge in [-0.3, -0.25) is 4.79 Å². The van der Waals surface area contributed by atoms with Crippen molar-refractivity contribution in [3.05, 3.63) is 28.2 Å². The van der Waals surface area contributed by atoms with E-state index in [-0.39, 0.29) is 11.5 Å². The molecule has 1 aliphatic rings. The van der Waals surface area contributed by atoms with Crippen molar-refractivity contribution in [3.8, 4) is 0 Å². The van der Waals surface area contributed by atoms with Crippen LogP contribution in [0, 0.1) is 12.8 Å². The minimum Gasteiger partial charge on any atom is -0.481 e. The summed E-state index contributed by atoms with van der Waals surface area (Å²) in [4.78, 5) is 13.5. The van der Waals surface area contributed by atoms with Gasteiger partial charge in [0.2, 0.25) is 0 Å². The van der Waals surface area contributed by atoms with E-state index in [2.05, 4.69) is 53.7 Å². The molecule has 0 aliphatic carbocycles. The molecule has 0 amide bonds. The third-order valence-corrected chi connectivity index (χ3v) is 4.93.